The summed E-state index contributed by atoms with van der Waals surface area (Å²) >= 11 is 0. The number of piperidine rings is 1. The van der Waals surface area contributed by atoms with Crippen molar-refractivity contribution in [1.29, 1.82) is 0 Å². The van der Waals surface area contributed by atoms with E-state index < -0.39 is 12.7 Å². The van der Waals surface area contributed by atoms with Gasteiger partial charge in [0.2, 0.25) is 0 Å². The van der Waals surface area contributed by atoms with E-state index in [0.717, 1.165) is 18.7 Å². The molecule has 0 amide bonds. The van der Waals surface area contributed by atoms with E-state index in [9.17, 15) is 13.2 Å². The van der Waals surface area contributed by atoms with E-state index in [-0.39, 0.29) is 5.92 Å². The number of hydrogen-bond acceptors (Lipinski definition) is 2. The van der Waals surface area contributed by atoms with E-state index in [2.05, 4.69) is 9.97 Å². The van der Waals surface area contributed by atoms with Gasteiger partial charge in [-0.15, -0.1) is 0 Å². The summed E-state index contributed by atoms with van der Waals surface area (Å²) < 4.78 is 36.7. The standard InChI is InChI=1S/C10H14F3N3/c11-10(12,13)7-16-5-1-2-8(6-16)9-14-3-4-15-9/h3-4,8H,1-2,5-7H2,(H,14,15). The summed E-state index contributed by atoms with van der Waals surface area (Å²) in [5, 5.41) is 0. The summed E-state index contributed by atoms with van der Waals surface area (Å²) in [6.45, 7) is 0.147. The van der Waals surface area contributed by atoms with Crippen LogP contribution in [0.15, 0.2) is 12.4 Å². The molecule has 0 aromatic carbocycles. The first-order chi connectivity index (χ1) is 7.54. The fourth-order valence-electron chi connectivity index (χ4n) is 2.18. The van der Waals surface area contributed by atoms with E-state index in [1.807, 2.05) is 0 Å². The molecule has 16 heavy (non-hydrogen) atoms. The molecule has 0 spiro atoms. The zero-order valence-electron chi connectivity index (χ0n) is 8.80. The molecule has 1 fully saturated rings. The van der Waals surface area contributed by atoms with Crippen LogP contribution in [0.4, 0.5) is 13.2 Å². The van der Waals surface area contributed by atoms with Crippen molar-refractivity contribution in [3.05, 3.63) is 18.2 Å². The third kappa shape index (κ3) is 2.98. The van der Waals surface area contributed by atoms with Crippen LogP contribution in [0.25, 0.3) is 0 Å². The van der Waals surface area contributed by atoms with E-state index in [4.69, 9.17) is 0 Å². The van der Waals surface area contributed by atoms with Crippen molar-refractivity contribution in [3.8, 4) is 0 Å². The van der Waals surface area contributed by atoms with E-state index in [1.165, 1.54) is 4.90 Å². The van der Waals surface area contributed by atoms with Gasteiger partial charge in [-0.1, -0.05) is 0 Å². The fraction of sp³-hybridized carbons (Fsp3) is 0.700. The quantitative estimate of drug-likeness (QED) is 0.848. The Hall–Kier alpha value is -1.04. The topological polar surface area (TPSA) is 31.9 Å². The number of likely N-dealkylation sites (tertiary alicyclic amines) is 1. The number of alkyl halides is 3. The molecule has 1 N–H and O–H groups in total. The number of rotatable bonds is 2. The summed E-state index contributed by atoms with van der Waals surface area (Å²) in [6, 6.07) is 0. The summed E-state index contributed by atoms with van der Waals surface area (Å²) in [7, 11) is 0. The Morgan fingerprint density at radius 1 is 1.50 bits per heavy atom. The number of imidazole rings is 1. The van der Waals surface area contributed by atoms with Crippen LogP contribution in [0.5, 0.6) is 0 Å². The molecule has 0 radical (unpaired) electrons. The molecule has 3 nitrogen and oxygen atoms in total. The highest BCUT2D eigenvalue weighted by Crippen LogP contribution is 2.26. The molecule has 90 valence electrons. The molecule has 0 bridgehead atoms. The van der Waals surface area contributed by atoms with Gasteiger partial charge in [0.1, 0.15) is 5.82 Å². The third-order valence-electron chi connectivity index (χ3n) is 2.81. The van der Waals surface area contributed by atoms with Crippen molar-refractivity contribution in [3.63, 3.8) is 0 Å². The summed E-state index contributed by atoms with van der Waals surface area (Å²) in [6.07, 6.45) is 0.935. The molecule has 2 rings (SSSR count). The Balaban J connectivity index is 1.94. The van der Waals surface area contributed by atoms with Gasteiger partial charge < -0.3 is 4.98 Å². The van der Waals surface area contributed by atoms with Crippen LogP contribution in [0.3, 0.4) is 0 Å². The minimum absolute atomic E-state index is 0.103. The van der Waals surface area contributed by atoms with Gasteiger partial charge in [0.15, 0.2) is 0 Å². The molecule has 1 aliphatic heterocycles. The largest absolute Gasteiger partial charge is 0.401 e. The molecule has 0 aliphatic carbocycles. The first kappa shape index (κ1) is 11.4. The average Bonchev–Trinajstić information content (AvgIpc) is 2.68. The highest BCUT2D eigenvalue weighted by molar-refractivity contribution is 4.99. The predicted molar refractivity (Wildman–Crippen MR) is 53.1 cm³/mol. The van der Waals surface area contributed by atoms with Gasteiger partial charge in [-0.2, -0.15) is 13.2 Å². The van der Waals surface area contributed by atoms with Gasteiger partial charge in [0, 0.05) is 24.9 Å². The van der Waals surface area contributed by atoms with E-state index in [1.54, 1.807) is 12.4 Å². The molecule has 1 aromatic heterocycles. The number of nitrogens with one attached hydrogen (secondary N) is 1. The summed E-state index contributed by atoms with van der Waals surface area (Å²) in [4.78, 5) is 8.53. The van der Waals surface area contributed by atoms with Gasteiger partial charge in [-0.25, -0.2) is 4.98 Å². The van der Waals surface area contributed by atoms with Crippen molar-refractivity contribution >= 4 is 0 Å². The molecule has 1 aliphatic rings. The highest BCUT2D eigenvalue weighted by atomic mass is 19.4. The molecule has 1 aromatic rings. The number of hydrogen-bond donors (Lipinski definition) is 1. The lowest BCUT2D eigenvalue weighted by Crippen LogP contribution is -2.40. The monoisotopic (exact) mass is 233 g/mol. The zero-order valence-corrected chi connectivity index (χ0v) is 8.80. The first-order valence-corrected chi connectivity index (χ1v) is 5.33. The maximum absolute atomic E-state index is 12.2. The van der Waals surface area contributed by atoms with E-state index >= 15 is 0 Å². The molecule has 1 unspecified atom stereocenters. The van der Waals surface area contributed by atoms with Crippen LogP contribution in [0.2, 0.25) is 0 Å². The van der Waals surface area contributed by atoms with Gasteiger partial charge in [0.25, 0.3) is 0 Å². The first-order valence-electron chi connectivity index (χ1n) is 5.33. The van der Waals surface area contributed by atoms with Crippen LogP contribution in [-0.4, -0.2) is 40.7 Å². The zero-order chi connectivity index (χ0) is 11.6. The van der Waals surface area contributed by atoms with Gasteiger partial charge in [-0.3, -0.25) is 4.90 Å². The highest BCUT2D eigenvalue weighted by Gasteiger charge is 2.33. The minimum Gasteiger partial charge on any atom is -0.348 e. The number of halogens is 3. The Kier molecular flexibility index (Phi) is 3.18. The maximum Gasteiger partial charge on any atom is 0.401 e. The van der Waals surface area contributed by atoms with Crippen molar-refractivity contribution < 1.29 is 13.2 Å². The Bertz CT molecular complexity index is 321. The van der Waals surface area contributed by atoms with Crippen LogP contribution < -0.4 is 0 Å². The smallest absolute Gasteiger partial charge is 0.348 e. The number of aromatic nitrogens is 2. The number of nitrogens with zero attached hydrogens (tertiary/aromatic N) is 2. The number of aromatic amines is 1. The Morgan fingerprint density at radius 2 is 2.31 bits per heavy atom. The second-order valence-electron chi connectivity index (χ2n) is 4.16. The van der Waals surface area contributed by atoms with Crippen molar-refractivity contribution in [2.75, 3.05) is 19.6 Å². The van der Waals surface area contributed by atoms with Crippen molar-refractivity contribution in [1.82, 2.24) is 14.9 Å². The lowest BCUT2D eigenvalue weighted by molar-refractivity contribution is -0.148. The SMILES string of the molecule is FC(F)(F)CN1CCCC(c2ncc[nH]2)C1. The predicted octanol–water partition coefficient (Wildman–Crippen LogP) is 2.15. The molecular formula is C10H14F3N3. The second kappa shape index (κ2) is 4.45. The second-order valence-corrected chi connectivity index (χ2v) is 4.16. The number of H-pyrrole nitrogens is 1. The van der Waals surface area contributed by atoms with Gasteiger partial charge in [-0.05, 0) is 19.4 Å². The van der Waals surface area contributed by atoms with Crippen molar-refractivity contribution in [2.24, 2.45) is 0 Å². The van der Waals surface area contributed by atoms with E-state index in [0.29, 0.717) is 13.1 Å². The molecule has 1 saturated heterocycles. The molecule has 6 heteroatoms. The average molecular weight is 233 g/mol. The third-order valence-corrected chi connectivity index (χ3v) is 2.81. The molecular weight excluding hydrogens is 219 g/mol. The van der Waals surface area contributed by atoms with Crippen LogP contribution >= 0.6 is 0 Å². The molecule has 1 atom stereocenters. The lowest BCUT2D eigenvalue weighted by Gasteiger charge is -2.32. The van der Waals surface area contributed by atoms with Gasteiger partial charge in [0.05, 0.1) is 6.54 Å². The Morgan fingerprint density at radius 3 is 2.94 bits per heavy atom. The normalized spacial score (nSPS) is 23.6. The Labute approximate surface area is 91.7 Å². The molecule has 2 heterocycles. The minimum atomic E-state index is -4.11. The van der Waals surface area contributed by atoms with Gasteiger partial charge >= 0.3 is 6.18 Å². The lowest BCUT2D eigenvalue weighted by atomic mass is 9.97. The van der Waals surface area contributed by atoms with Crippen LogP contribution in [0.1, 0.15) is 24.6 Å². The summed E-state index contributed by atoms with van der Waals surface area (Å²) in [5.41, 5.74) is 0. The van der Waals surface area contributed by atoms with Crippen LogP contribution in [0, 0.1) is 0 Å². The van der Waals surface area contributed by atoms with Crippen LogP contribution in [-0.2, 0) is 0 Å². The van der Waals surface area contributed by atoms with Crippen molar-refractivity contribution in [2.45, 2.75) is 24.9 Å². The summed E-state index contributed by atoms with van der Waals surface area (Å²) in [5.74, 6) is 0.901. The molecule has 0 saturated carbocycles. The fourth-order valence-corrected chi connectivity index (χ4v) is 2.18. The maximum atomic E-state index is 12.2.